The fourth-order valence-electron chi connectivity index (χ4n) is 2.93. The lowest BCUT2D eigenvalue weighted by molar-refractivity contribution is -0.137. The molecule has 132 valence electrons. The molecule has 0 aromatic rings. The van der Waals surface area contributed by atoms with Crippen molar-refractivity contribution in [3.05, 3.63) is 23.1 Å². The van der Waals surface area contributed by atoms with Gasteiger partial charge in [-0.05, 0) is 49.3 Å². The lowest BCUT2D eigenvalue weighted by atomic mass is 10.1. The Bertz CT molecular complexity index is 387. The van der Waals surface area contributed by atoms with Crippen molar-refractivity contribution in [1.82, 2.24) is 0 Å². The van der Waals surface area contributed by atoms with Crippen LogP contribution >= 0.6 is 11.8 Å². The third kappa shape index (κ3) is 9.91. The minimum atomic E-state index is -0.674. The molecule has 0 saturated carbocycles. The maximum absolute atomic E-state index is 10.6. The van der Waals surface area contributed by atoms with E-state index in [4.69, 9.17) is 5.11 Å². The van der Waals surface area contributed by atoms with E-state index < -0.39 is 5.97 Å². The SMILES string of the molecule is CCCCCCC=C[C@H]1CCC=C1SCC(C)CCCC(=O)O. The highest BCUT2D eigenvalue weighted by Crippen LogP contribution is 2.36. The Morgan fingerprint density at radius 1 is 1.39 bits per heavy atom. The van der Waals surface area contributed by atoms with E-state index in [9.17, 15) is 4.79 Å². The monoisotopic (exact) mass is 338 g/mol. The van der Waals surface area contributed by atoms with Gasteiger partial charge in [0.1, 0.15) is 0 Å². The van der Waals surface area contributed by atoms with Gasteiger partial charge >= 0.3 is 5.97 Å². The van der Waals surface area contributed by atoms with Crippen molar-refractivity contribution in [3.63, 3.8) is 0 Å². The molecule has 1 unspecified atom stereocenters. The van der Waals surface area contributed by atoms with E-state index in [-0.39, 0.29) is 0 Å². The summed E-state index contributed by atoms with van der Waals surface area (Å²) in [4.78, 5) is 12.1. The fourth-order valence-corrected chi connectivity index (χ4v) is 4.22. The van der Waals surface area contributed by atoms with E-state index in [0.29, 0.717) is 18.3 Å². The van der Waals surface area contributed by atoms with Crippen molar-refractivity contribution < 1.29 is 9.90 Å². The number of hydrogen-bond acceptors (Lipinski definition) is 2. The highest BCUT2D eigenvalue weighted by Gasteiger charge is 2.17. The minimum Gasteiger partial charge on any atom is -0.481 e. The number of carbonyl (C=O) groups is 1. The van der Waals surface area contributed by atoms with Gasteiger partial charge in [-0.2, -0.15) is 0 Å². The molecule has 0 heterocycles. The topological polar surface area (TPSA) is 37.3 Å². The number of rotatable bonds is 13. The smallest absolute Gasteiger partial charge is 0.303 e. The van der Waals surface area contributed by atoms with Crippen LogP contribution in [0.4, 0.5) is 0 Å². The van der Waals surface area contributed by atoms with Gasteiger partial charge in [0.25, 0.3) is 0 Å². The number of thioether (sulfide) groups is 1. The molecule has 2 atom stereocenters. The molecule has 0 spiro atoms. The normalized spacial score (nSPS) is 19.2. The fraction of sp³-hybridized carbons (Fsp3) is 0.750. The highest BCUT2D eigenvalue weighted by atomic mass is 32.2. The average Bonchev–Trinajstić information content (AvgIpc) is 2.96. The first-order valence-electron chi connectivity index (χ1n) is 9.34. The van der Waals surface area contributed by atoms with Crippen LogP contribution in [0.1, 0.15) is 78.1 Å². The van der Waals surface area contributed by atoms with Gasteiger partial charge in [0.15, 0.2) is 0 Å². The van der Waals surface area contributed by atoms with Crippen LogP contribution in [0.3, 0.4) is 0 Å². The van der Waals surface area contributed by atoms with Gasteiger partial charge < -0.3 is 5.11 Å². The van der Waals surface area contributed by atoms with Gasteiger partial charge in [-0.25, -0.2) is 0 Å². The molecule has 0 aromatic carbocycles. The van der Waals surface area contributed by atoms with Crippen LogP contribution < -0.4 is 0 Å². The van der Waals surface area contributed by atoms with E-state index in [1.54, 1.807) is 4.91 Å². The predicted octanol–water partition coefficient (Wildman–Crippen LogP) is 6.43. The Morgan fingerprint density at radius 3 is 2.96 bits per heavy atom. The Morgan fingerprint density at radius 2 is 2.22 bits per heavy atom. The summed E-state index contributed by atoms with van der Waals surface area (Å²) >= 11 is 1.99. The zero-order chi connectivity index (χ0) is 16.9. The maximum Gasteiger partial charge on any atom is 0.303 e. The van der Waals surface area contributed by atoms with Crippen molar-refractivity contribution in [2.75, 3.05) is 5.75 Å². The molecule has 1 aliphatic rings. The van der Waals surface area contributed by atoms with Crippen LogP contribution in [-0.4, -0.2) is 16.8 Å². The van der Waals surface area contributed by atoms with E-state index in [2.05, 4.69) is 32.1 Å². The molecular weight excluding hydrogens is 304 g/mol. The van der Waals surface area contributed by atoms with Gasteiger partial charge in [-0.1, -0.05) is 51.3 Å². The molecule has 0 saturated heterocycles. The van der Waals surface area contributed by atoms with Gasteiger partial charge in [0.2, 0.25) is 0 Å². The molecule has 2 nitrogen and oxygen atoms in total. The number of aliphatic carboxylic acids is 1. The van der Waals surface area contributed by atoms with E-state index >= 15 is 0 Å². The third-order valence-electron chi connectivity index (χ3n) is 4.40. The van der Waals surface area contributed by atoms with Crippen LogP contribution in [0.2, 0.25) is 0 Å². The number of carboxylic acids is 1. The third-order valence-corrected chi connectivity index (χ3v) is 5.94. The summed E-state index contributed by atoms with van der Waals surface area (Å²) in [5.74, 6) is 1.68. The zero-order valence-corrected chi connectivity index (χ0v) is 15.7. The summed E-state index contributed by atoms with van der Waals surface area (Å²) in [5.41, 5.74) is 0. The molecular formula is C20H34O2S. The Kier molecular flexibility index (Phi) is 11.2. The van der Waals surface area contributed by atoms with Gasteiger partial charge in [0, 0.05) is 18.1 Å². The first-order chi connectivity index (χ1) is 11.1. The predicted molar refractivity (Wildman–Crippen MR) is 102 cm³/mol. The Hall–Kier alpha value is -0.700. The molecule has 0 radical (unpaired) electrons. The zero-order valence-electron chi connectivity index (χ0n) is 14.9. The second kappa shape index (κ2) is 12.7. The van der Waals surface area contributed by atoms with Gasteiger partial charge in [-0.3, -0.25) is 4.79 Å². The molecule has 23 heavy (non-hydrogen) atoms. The van der Waals surface area contributed by atoms with E-state index in [1.807, 2.05) is 11.8 Å². The summed E-state index contributed by atoms with van der Waals surface area (Å²) in [6.07, 6.45) is 18.4. The van der Waals surface area contributed by atoms with Crippen molar-refractivity contribution in [2.45, 2.75) is 78.1 Å². The summed E-state index contributed by atoms with van der Waals surface area (Å²) in [6.45, 7) is 4.49. The molecule has 1 N–H and O–H groups in total. The first kappa shape index (κ1) is 20.3. The Labute approximate surface area is 146 Å². The average molecular weight is 339 g/mol. The van der Waals surface area contributed by atoms with Crippen LogP contribution in [0.25, 0.3) is 0 Å². The van der Waals surface area contributed by atoms with Crippen LogP contribution in [0, 0.1) is 11.8 Å². The molecule has 0 aromatic heterocycles. The molecule has 1 aliphatic carbocycles. The molecule has 1 rings (SSSR count). The first-order valence-corrected chi connectivity index (χ1v) is 10.3. The molecule has 0 amide bonds. The summed E-state index contributed by atoms with van der Waals surface area (Å²) in [6, 6.07) is 0. The number of unbranched alkanes of at least 4 members (excludes halogenated alkanes) is 4. The Balaban J connectivity index is 2.19. The largest absolute Gasteiger partial charge is 0.481 e. The number of hydrogen-bond donors (Lipinski definition) is 1. The van der Waals surface area contributed by atoms with E-state index in [0.717, 1.165) is 18.6 Å². The second-order valence-corrected chi connectivity index (χ2v) is 7.86. The quantitative estimate of drug-likeness (QED) is 0.310. The lowest BCUT2D eigenvalue weighted by Gasteiger charge is -2.14. The molecule has 0 fully saturated rings. The van der Waals surface area contributed by atoms with Crippen LogP contribution in [-0.2, 0) is 4.79 Å². The molecule has 0 aliphatic heterocycles. The van der Waals surface area contributed by atoms with Gasteiger partial charge in [-0.15, -0.1) is 11.8 Å². The molecule has 0 bridgehead atoms. The van der Waals surface area contributed by atoms with Crippen molar-refractivity contribution in [1.29, 1.82) is 0 Å². The number of allylic oxidation sites excluding steroid dienone is 4. The summed E-state index contributed by atoms with van der Waals surface area (Å²) in [7, 11) is 0. The van der Waals surface area contributed by atoms with Crippen molar-refractivity contribution >= 4 is 17.7 Å². The van der Waals surface area contributed by atoms with Gasteiger partial charge in [0.05, 0.1) is 0 Å². The minimum absolute atomic E-state index is 0.307. The standard InChI is InChI=1S/C20H34O2S/c1-3-4-5-6-7-8-12-18-13-10-14-19(18)23-16-17(2)11-9-15-20(21)22/h8,12,14,17-18H,3-7,9-11,13,15-16H2,1-2H3,(H,21,22)/t17?,18-/m0/s1. The van der Waals surface area contributed by atoms with E-state index in [1.165, 1.54) is 44.9 Å². The van der Waals surface area contributed by atoms with Crippen molar-refractivity contribution in [2.24, 2.45) is 11.8 Å². The van der Waals surface area contributed by atoms with Crippen molar-refractivity contribution in [3.8, 4) is 0 Å². The summed E-state index contributed by atoms with van der Waals surface area (Å²) < 4.78 is 0. The van der Waals surface area contributed by atoms with Crippen LogP contribution in [0.5, 0.6) is 0 Å². The number of carboxylic acid groups (broad SMARTS) is 1. The maximum atomic E-state index is 10.6. The lowest BCUT2D eigenvalue weighted by Crippen LogP contribution is -2.02. The summed E-state index contributed by atoms with van der Waals surface area (Å²) in [5, 5.41) is 8.69. The second-order valence-electron chi connectivity index (χ2n) is 6.77. The highest BCUT2D eigenvalue weighted by molar-refractivity contribution is 8.03. The molecule has 3 heteroatoms. The van der Waals surface area contributed by atoms with Crippen LogP contribution in [0.15, 0.2) is 23.1 Å².